The molecule has 4 aromatic rings. The molecule has 4 rings (SSSR count). The van der Waals surface area contributed by atoms with Gasteiger partial charge in [0.05, 0.1) is 34.1 Å². The van der Waals surface area contributed by atoms with Crippen molar-refractivity contribution in [3.05, 3.63) is 87.9 Å². The number of ether oxygens (including phenoxy) is 1. The van der Waals surface area contributed by atoms with Crippen LogP contribution in [0, 0.1) is 0 Å². The van der Waals surface area contributed by atoms with E-state index in [0.717, 1.165) is 32.4 Å². The minimum atomic E-state index is -1.06. The second kappa shape index (κ2) is 8.71. The number of nitrogens with zero attached hydrogens (tertiary/aromatic N) is 2. The quantitative estimate of drug-likeness (QED) is 0.357. The Bertz CT molecular complexity index is 1220. The fourth-order valence-corrected chi connectivity index (χ4v) is 4.26. The smallest absolute Gasteiger partial charge is 0.118 e. The van der Waals surface area contributed by atoms with Gasteiger partial charge in [0.2, 0.25) is 0 Å². The van der Waals surface area contributed by atoms with Crippen molar-refractivity contribution in [2.75, 3.05) is 7.11 Å². The fourth-order valence-electron chi connectivity index (χ4n) is 3.14. The Morgan fingerprint density at radius 1 is 1.03 bits per heavy atom. The first kappa shape index (κ1) is 21.4. The largest absolute Gasteiger partial charge is 0.497 e. The normalized spacial score (nSPS) is 11.9. The molecule has 6 heteroatoms. The fraction of sp³-hybridized carbons (Fsp3) is 0.160. The monoisotopic (exact) mass is 450 g/mol. The summed E-state index contributed by atoms with van der Waals surface area (Å²) in [6.45, 7) is 3.46. The number of benzene rings is 2. The van der Waals surface area contributed by atoms with E-state index in [4.69, 9.17) is 16.3 Å². The molecule has 0 saturated carbocycles. The van der Waals surface area contributed by atoms with Gasteiger partial charge in [-0.3, -0.25) is 0 Å². The van der Waals surface area contributed by atoms with Crippen molar-refractivity contribution in [3.63, 3.8) is 0 Å². The van der Waals surface area contributed by atoms with Gasteiger partial charge >= 0.3 is 0 Å². The molecule has 2 heterocycles. The molecule has 0 aliphatic heterocycles. The molecule has 158 valence electrons. The zero-order valence-electron chi connectivity index (χ0n) is 17.5. The van der Waals surface area contributed by atoms with Gasteiger partial charge in [-0.2, -0.15) is 5.10 Å². The van der Waals surface area contributed by atoms with Gasteiger partial charge in [-0.1, -0.05) is 41.9 Å². The van der Waals surface area contributed by atoms with E-state index in [1.165, 1.54) is 0 Å². The van der Waals surface area contributed by atoms with Gasteiger partial charge in [0.15, 0.2) is 0 Å². The zero-order valence-corrected chi connectivity index (χ0v) is 19.1. The molecular formula is C25H23ClN2O2S. The summed E-state index contributed by atoms with van der Waals surface area (Å²) in [6.07, 6.45) is 4.16. The van der Waals surface area contributed by atoms with Crippen molar-refractivity contribution < 1.29 is 9.84 Å². The van der Waals surface area contributed by atoms with Gasteiger partial charge in [-0.25, -0.2) is 4.68 Å². The molecule has 1 N–H and O–H groups in total. The number of methoxy groups -OCH3 is 1. The van der Waals surface area contributed by atoms with Crippen molar-refractivity contribution in [1.29, 1.82) is 0 Å². The number of aliphatic hydroxyl groups is 1. The number of para-hydroxylation sites is 1. The first-order chi connectivity index (χ1) is 14.8. The van der Waals surface area contributed by atoms with Gasteiger partial charge in [0.1, 0.15) is 11.4 Å². The number of aromatic nitrogens is 2. The van der Waals surface area contributed by atoms with Crippen molar-refractivity contribution in [1.82, 2.24) is 9.78 Å². The SMILES string of the molecule is COc1ccc(C=Cc2ccc(-c3cc(C(C)(C)O)nn3-c3ccccc3Cl)s2)cc1. The Morgan fingerprint density at radius 2 is 1.77 bits per heavy atom. The highest BCUT2D eigenvalue weighted by molar-refractivity contribution is 7.16. The lowest BCUT2D eigenvalue weighted by Gasteiger charge is -2.13. The summed E-state index contributed by atoms with van der Waals surface area (Å²) in [5.74, 6) is 0.839. The van der Waals surface area contributed by atoms with Crippen LogP contribution in [0.5, 0.6) is 5.75 Å². The van der Waals surface area contributed by atoms with Crippen LogP contribution in [0.4, 0.5) is 0 Å². The van der Waals surface area contributed by atoms with E-state index >= 15 is 0 Å². The third kappa shape index (κ3) is 4.74. The van der Waals surface area contributed by atoms with Gasteiger partial charge in [0.25, 0.3) is 0 Å². The standard InChI is InChI=1S/C25H23ClN2O2S/c1-25(2,29)24-16-22(28(27-24)21-7-5-4-6-20(21)26)23-15-14-19(31-23)13-10-17-8-11-18(30-3)12-9-17/h4-16,29H,1-3H3. The second-order valence-electron chi connectivity index (χ2n) is 7.65. The van der Waals surface area contributed by atoms with E-state index in [0.29, 0.717) is 10.7 Å². The number of halogens is 1. The van der Waals surface area contributed by atoms with Crippen molar-refractivity contribution >= 4 is 35.1 Å². The van der Waals surface area contributed by atoms with E-state index in [9.17, 15) is 5.11 Å². The van der Waals surface area contributed by atoms with Crippen molar-refractivity contribution in [3.8, 4) is 22.0 Å². The minimum absolute atomic E-state index is 0.589. The Balaban J connectivity index is 1.69. The highest BCUT2D eigenvalue weighted by Crippen LogP contribution is 2.35. The van der Waals surface area contributed by atoms with Crippen LogP contribution < -0.4 is 4.74 Å². The summed E-state index contributed by atoms with van der Waals surface area (Å²) in [6, 6.07) is 21.6. The number of thiophene rings is 1. The molecule has 0 saturated heterocycles. The molecule has 2 aromatic heterocycles. The van der Waals surface area contributed by atoms with Crippen LogP contribution in [-0.2, 0) is 5.60 Å². The molecule has 0 fully saturated rings. The van der Waals surface area contributed by atoms with Gasteiger partial charge in [0, 0.05) is 4.88 Å². The van der Waals surface area contributed by atoms with E-state index < -0.39 is 5.60 Å². The van der Waals surface area contributed by atoms with E-state index in [-0.39, 0.29) is 0 Å². The number of rotatable bonds is 6. The maximum Gasteiger partial charge on any atom is 0.118 e. The molecule has 0 spiro atoms. The third-order valence-electron chi connectivity index (χ3n) is 4.85. The van der Waals surface area contributed by atoms with Crippen LogP contribution >= 0.6 is 22.9 Å². The number of hydrogen-bond acceptors (Lipinski definition) is 4. The molecule has 31 heavy (non-hydrogen) atoms. The third-order valence-corrected chi connectivity index (χ3v) is 6.24. The first-order valence-electron chi connectivity index (χ1n) is 9.85. The molecule has 0 bridgehead atoms. The van der Waals surface area contributed by atoms with Crippen LogP contribution in [0.3, 0.4) is 0 Å². The average Bonchev–Trinajstić information content (AvgIpc) is 3.40. The molecule has 4 nitrogen and oxygen atoms in total. The van der Waals surface area contributed by atoms with Crippen LogP contribution in [0.2, 0.25) is 5.02 Å². The predicted octanol–water partition coefficient (Wildman–Crippen LogP) is 6.66. The van der Waals surface area contributed by atoms with Crippen molar-refractivity contribution in [2.24, 2.45) is 0 Å². The van der Waals surface area contributed by atoms with Crippen molar-refractivity contribution in [2.45, 2.75) is 19.4 Å². The molecule has 0 aliphatic rings. The summed E-state index contributed by atoms with van der Waals surface area (Å²) in [4.78, 5) is 2.15. The summed E-state index contributed by atoms with van der Waals surface area (Å²) >= 11 is 8.10. The average molecular weight is 451 g/mol. The maximum atomic E-state index is 10.5. The highest BCUT2D eigenvalue weighted by atomic mass is 35.5. The van der Waals surface area contributed by atoms with E-state index in [1.54, 1.807) is 37.0 Å². The van der Waals surface area contributed by atoms with Crippen LogP contribution in [0.25, 0.3) is 28.4 Å². The molecule has 0 amide bonds. The van der Waals surface area contributed by atoms with E-state index in [2.05, 4.69) is 29.4 Å². The topological polar surface area (TPSA) is 47.3 Å². The minimum Gasteiger partial charge on any atom is -0.497 e. The summed E-state index contributed by atoms with van der Waals surface area (Å²) in [5.41, 5.74) is 2.29. The first-order valence-corrected chi connectivity index (χ1v) is 11.0. The Hall–Kier alpha value is -2.86. The van der Waals surface area contributed by atoms with Crippen LogP contribution in [0.1, 0.15) is 30.0 Å². The molecule has 0 atom stereocenters. The maximum absolute atomic E-state index is 10.5. The summed E-state index contributed by atoms with van der Waals surface area (Å²) in [7, 11) is 1.66. The predicted molar refractivity (Wildman–Crippen MR) is 129 cm³/mol. The highest BCUT2D eigenvalue weighted by Gasteiger charge is 2.24. The van der Waals surface area contributed by atoms with Gasteiger partial charge in [-0.15, -0.1) is 11.3 Å². The molecule has 0 unspecified atom stereocenters. The molecule has 2 aromatic carbocycles. The van der Waals surface area contributed by atoms with Gasteiger partial charge in [-0.05, 0) is 68.0 Å². The van der Waals surface area contributed by atoms with E-state index in [1.807, 2.05) is 54.6 Å². The van der Waals surface area contributed by atoms with Crippen LogP contribution in [-0.4, -0.2) is 22.0 Å². The zero-order chi connectivity index (χ0) is 22.0. The Labute approximate surface area is 191 Å². The lowest BCUT2D eigenvalue weighted by molar-refractivity contribution is 0.0734. The molecule has 0 aliphatic carbocycles. The lowest BCUT2D eigenvalue weighted by Crippen LogP contribution is -2.16. The van der Waals surface area contributed by atoms with Crippen LogP contribution in [0.15, 0.2) is 66.7 Å². The van der Waals surface area contributed by atoms with Gasteiger partial charge < -0.3 is 9.84 Å². The number of hydrogen-bond donors (Lipinski definition) is 1. The lowest BCUT2D eigenvalue weighted by atomic mass is 10.1. The molecule has 0 radical (unpaired) electrons. The summed E-state index contributed by atoms with van der Waals surface area (Å²) < 4.78 is 7.01. The Morgan fingerprint density at radius 3 is 2.45 bits per heavy atom. The molecular weight excluding hydrogens is 428 g/mol. The second-order valence-corrected chi connectivity index (χ2v) is 9.17. The Kier molecular flexibility index (Phi) is 6.01. The summed E-state index contributed by atoms with van der Waals surface area (Å²) in [5, 5.41) is 15.8.